The van der Waals surface area contributed by atoms with E-state index < -0.39 is 10.0 Å². The van der Waals surface area contributed by atoms with Crippen molar-refractivity contribution in [1.82, 2.24) is 9.21 Å². The first kappa shape index (κ1) is 16.9. The van der Waals surface area contributed by atoms with Crippen LogP contribution in [0.2, 0.25) is 0 Å². The molecule has 0 radical (unpaired) electrons. The minimum Gasteiger partial charge on any atom is -0.373 e. The summed E-state index contributed by atoms with van der Waals surface area (Å²) in [5, 5.41) is 0. The van der Waals surface area contributed by atoms with Gasteiger partial charge in [0.15, 0.2) is 0 Å². The summed E-state index contributed by atoms with van der Waals surface area (Å²) < 4.78 is 32.5. The molecule has 0 aromatic heterocycles. The van der Waals surface area contributed by atoms with Crippen LogP contribution in [0.5, 0.6) is 0 Å². The number of benzene rings is 1. The van der Waals surface area contributed by atoms with Gasteiger partial charge in [0.25, 0.3) is 5.91 Å². The summed E-state index contributed by atoms with van der Waals surface area (Å²) >= 11 is 0. The number of sulfonamides is 1. The van der Waals surface area contributed by atoms with Crippen LogP contribution in [0.3, 0.4) is 0 Å². The van der Waals surface area contributed by atoms with Crippen LogP contribution in [-0.2, 0) is 14.8 Å². The van der Waals surface area contributed by atoms with Crippen LogP contribution >= 0.6 is 0 Å². The lowest BCUT2D eigenvalue weighted by molar-refractivity contribution is -0.0440. The van der Waals surface area contributed by atoms with E-state index in [9.17, 15) is 13.2 Å². The number of carbonyl (C=O) groups excluding carboxylic acids is 1. The Morgan fingerprint density at radius 1 is 1.23 bits per heavy atom. The molecule has 22 heavy (non-hydrogen) atoms. The van der Waals surface area contributed by atoms with E-state index in [1.165, 1.54) is 21.3 Å². The van der Waals surface area contributed by atoms with E-state index >= 15 is 0 Å². The topological polar surface area (TPSA) is 66.9 Å². The fourth-order valence-electron chi connectivity index (χ4n) is 2.52. The lowest BCUT2D eigenvalue weighted by atomic mass is 10.2. The zero-order chi connectivity index (χ0) is 16.5. The fourth-order valence-corrected chi connectivity index (χ4v) is 4.16. The largest absolute Gasteiger partial charge is 0.373 e. The fraction of sp³-hybridized carbons (Fsp3) is 0.533. The summed E-state index contributed by atoms with van der Waals surface area (Å²) in [5.41, 5.74) is 0.362. The van der Waals surface area contributed by atoms with E-state index in [4.69, 9.17) is 4.74 Å². The van der Waals surface area contributed by atoms with Crippen molar-refractivity contribution in [3.8, 4) is 0 Å². The minimum atomic E-state index is -3.63. The Bertz CT molecular complexity index is 647. The molecule has 2 atom stereocenters. The maximum absolute atomic E-state index is 12.8. The van der Waals surface area contributed by atoms with E-state index in [2.05, 4.69) is 0 Å². The van der Waals surface area contributed by atoms with Crippen molar-refractivity contribution in [2.45, 2.75) is 31.0 Å². The van der Waals surface area contributed by atoms with Gasteiger partial charge in [-0.15, -0.1) is 0 Å². The van der Waals surface area contributed by atoms with Crippen LogP contribution in [0.4, 0.5) is 0 Å². The Kier molecular flexibility index (Phi) is 4.89. The highest BCUT2D eigenvalue weighted by atomic mass is 32.2. The molecule has 1 aliphatic rings. The summed E-state index contributed by atoms with van der Waals surface area (Å²) in [6.07, 6.45) is -0.296. The smallest absolute Gasteiger partial charge is 0.253 e. The molecule has 2 unspecified atom stereocenters. The second kappa shape index (κ2) is 6.36. The van der Waals surface area contributed by atoms with Crippen molar-refractivity contribution < 1.29 is 17.9 Å². The molecular formula is C15H22N2O4S. The summed E-state index contributed by atoms with van der Waals surface area (Å²) in [6.45, 7) is 4.34. The van der Waals surface area contributed by atoms with Crippen LogP contribution in [-0.4, -0.2) is 62.9 Å². The first-order chi connectivity index (χ1) is 10.2. The molecular weight excluding hydrogens is 304 g/mol. The molecule has 1 aromatic rings. The van der Waals surface area contributed by atoms with Crippen LogP contribution in [0, 0.1) is 0 Å². The number of rotatable bonds is 3. The Hall–Kier alpha value is -1.44. The maximum Gasteiger partial charge on any atom is 0.253 e. The van der Waals surface area contributed by atoms with E-state index in [0.29, 0.717) is 18.7 Å². The molecule has 0 spiro atoms. The number of ether oxygens (including phenoxy) is 1. The van der Waals surface area contributed by atoms with Gasteiger partial charge in [-0.3, -0.25) is 4.79 Å². The lowest BCUT2D eigenvalue weighted by Gasteiger charge is -2.34. The van der Waals surface area contributed by atoms with Gasteiger partial charge in [-0.25, -0.2) is 8.42 Å². The predicted octanol–water partition coefficient (Wildman–Crippen LogP) is 1.19. The SMILES string of the molecule is CC1CN(S(=O)(=O)c2cccc(C(=O)N(C)C)c2)CC(C)O1. The number of carbonyl (C=O) groups is 1. The molecule has 7 heteroatoms. The van der Waals surface area contributed by atoms with Crippen molar-refractivity contribution in [2.75, 3.05) is 27.2 Å². The molecule has 6 nitrogen and oxygen atoms in total. The van der Waals surface area contributed by atoms with E-state index in [0.717, 1.165) is 0 Å². The standard InChI is InChI=1S/C15H22N2O4S/c1-11-9-17(10-12(2)21-11)22(19,20)14-7-5-6-13(8-14)15(18)16(3)4/h5-8,11-12H,9-10H2,1-4H3. The van der Waals surface area contributed by atoms with Gasteiger partial charge in [-0.05, 0) is 32.0 Å². The highest BCUT2D eigenvalue weighted by molar-refractivity contribution is 7.89. The summed E-state index contributed by atoms with van der Waals surface area (Å²) in [5.74, 6) is -0.222. The quantitative estimate of drug-likeness (QED) is 0.837. The average Bonchev–Trinajstić information content (AvgIpc) is 2.45. The molecule has 1 fully saturated rings. The van der Waals surface area contributed by atoms with Gasteiger partial charge in [-0.1, -0.05) is 6.07 Å². The van der Waals surface area contributed by atoms with Gasteiger partial charge in [0.1, 0.15) is 0 Å². The normalized spacial score (nSPS) is 23.3. The first-order valence-corrected chi connectivity index (χ1v) is 8.63. The van der Waals surface area contributed by atoms with Crippen molar-refractivity contribution in [3.05, 3.63) is 29.8 Å². The monoisotopic (exact) mass is 326 g/mol. The molecule has 2 rings (SSSR count). The van der Waals surface area contributed by atoms with Crippen molar-refractivity contribution in [3.63, 3.8) is 0 Å². The third-order valence-corrected chi connectivity index (χ3v) is 5.34. The second-order valence-corrected chi connectivity index (χ2v) is 7.74. The number of hydrogen-bond acceptors (Lipinski definition) is 4. The highest BCUT2D eigenvalue weighted by Gasteiger charge is 2.32. The third kappa shape index (κ3) is 3.48. The number of amides is 1. The van der Waals surface area contributed by atoms with Crippen LogP contribution in [0.25, 0.3) is 0 Å². The molecule has 0 bridgehead atoms. The van der Waals surface area contributed by atoms with Crippen molar-refractivity contribution >= 4 is 15.9 Å². The summed E-state index contributed by atoms with van der Waals surface area (Å²) in [7, 11) is -0.359. The predicted molar refractivity (Wildman–Crippen MR) is 83.2 cm³/mol. The van der Waals surface area contributed by atoms with Crippen LogP contribution in [0.15, 0.2) is 29.2 Å². The van der Waals surface area contributed by atoms with Gasteiger partial charge >= 0.3 is 0 Å². The van der Waals surface area contributed by atoms with Gasteiger partial charge in [0, 0.05) is 32.7 Å². The summed E-state index contributed by atoms with van der Waals surface area (Å²) in [6, 6.07) is 6.16. The van der Waals surface area contributed by atoms with Gasteiger partial charge in [0.05, 0.1) is 17.1 Å². The first-order valence-electron chi connectivity index (χ1n) is 7.19. The summed E-state index contributed by atoms with van der Waals surface area (Å²) in [4.78, 5) is 13.6. The second-order valence-electron chi connectivity index (χ2n) is 5.81. The zero-order valence-corrected chi connectivity index (χ0v) is 14.1. The van der Waals surface area contributed by atoms with Crippen molar-refractivity contribution in [2.24, 2.45) is 0 Å². The number of hydrogen-bond donors (Lipinski definition) is 0. The van der Waals surface area contributed by atoms with Crippen molar-refractivity contribution in [1.29, 1.82) is 0 Å². The average molecular weight is 326 g/mol. The molecule has 0 saturated carbocycles. The van der Waals surface area contributed by atoms with E-state index in [1.807, 2.05) is 13.8 Å². The molecule has 1 aromatic carbocycles. The Morgan fingerprint density at radius 3 is 2.36 bits per heavy atom. The maximum atomic E-state index is 12.8. The third-order valence-electron chi connectivity index (χ3n) is 3.51. The van der Waals surface area contributed by atoms with E-state index in [-0.39, 0.29) is 23.0 Å². The van der Waals surface area contributed by atoms with Gasteiger partial charge in [0.2, 0.25) is 10.0 Å². The highest BCUT2D eigenvalue weighted by Crippen LogP contribution is 2.22. The van der Waals surface area contributed by atoms with Gasteiger partial charge in [-0.2, -0.15) is 4.31 Å². The van der Waals surface area contributed by atoms with Crippen LogP contribution in [0.1, 0.15) is 24.2 Å². The minimum absolute atomic E-state index is 0.140. The molecule has 1 aliphatic heterocycles. The zero-order valence-electron chi connectivity index (χ0n) is 13.3. The Labute approximate surface area is 131 Å². The molecule has 1 heterocycles. The lowest BCUT2D eigenvalue weighted by Crippen LogP contribution is -2.48. The molecule has 1 saturated heterocycles. The molecule has 0 N–H and O–H groups in total. The number of morpholine rings is 1. The molecule has 1 amide bonds. The van der Waals surface area contributed by atoms with Gasteiger partial charge < -0.3 is 9.64 Å². The van der Waals surface area contributed by atoms with Crippen LogP contribution < -0.4 is 0 Å². The Balaban J connectivity index is 2.33. The molecule has 0 aliphatic carbocycles. The Morgan fingerprint density at radius 2 is 1.82 bits per heavy atom. The number of nitrogens with zero attached hydrogens (tertiary/aromatic N) is 2. The molecule has 122 valence electrons. The van der Waals surface area contributed by atoms with E-state index in [1.54, 1.807) is 26.2 Å².